The van der Waals surface area contributed by atoms with E-state index in [1.54, 1.807) is 43.3 Å². The number of nitrogens with two attached hydrogens (primary N) is 1. The second-order valence-electron chi connectivity index (χ2n) is 17.6. The summed E-state index contributed by atoms with van der Waals surface area (Å²) in [7, 11) is 0. The third-order valence-electron chi connectivity index (χ3n) is 12.5. The Morgan fingerprint density at radius 2 is 1.08 bits per heavy atom. The maximum absolute atomic E-state index is 11.8. The molecule has 2 aliphatic carbocycles. The van der Waals surface area contributed by atoms with Crippen molar-refractivity contribution in [2.45, 2.75) is 118 Å². The zero-order chi connectivity index (χ0) is 46.5. The number of phenols is 2. The summed E-state index contributed by atoms with van der Waals surface area (Å²) in [5.74, 6) is 5.94. The van der Waals surface area contributed by atoms with Crippen LogP contribution in [-0.4, -0.2) is 55.0 Å². The number of ketones is 1. The fourth-order valence-corrected chi connectivity index (χ4v) is 8.08. The largest absolute Gasteiger partial charge is 0.508 e. The number of hydrogen-bond acceptors (Lipinski definition) is 13. The first-order valence-electron chi connectivity index (χ1n) is 21.2. The molecule has 0 saturated heterocycles. The van der Waals surface area contributed by atoms with E-state index in [9.17, 15) is 45.4 Å². The van der Waals surface area contributed by atoms with Crippen LogP contribution >= 0.6 is 12.4 Å². The lowest BCUT2D eigenvalue weighted by Gasteiger charge is -2.36. The molecule has 0 heterocycles. The van der Waals surface area contributed by atoms with Gasteiger partial charge in [0.1, 0.15) is 18.1 Å². The number of aliphatic hydroxyl groups is 2. The predicted molar refractivity (Wildman–Crippen MR) is 248 cm³/mol. The van der Waals surface area contributed by atoms with E-state index in [2.05, 4.69) is 23.8 Å². The third-order valence-corrected chi connectivity index (χ3v) is 12.5. The topological polar surface area (TPSA) is 241 Å². The number of aliphatic hydroxyl groups excluding tert-OH is 2. The molecule has 6 rings (SSSR count). The highest BCUT2D eigenvalue weighted by molar-refractivity contribution is 6.00. The van der Waals surface area contributed by atoms with Crippen LogP contribution in [0, 0.1) is 44.9 Å². The Balaban J connectivity index is 0.000000282. The van der Waals surface area contributed by atoms with Gasteiger partial charge in [-0.05, 0) is 172 Å². The monoisotopic (exact) mass is 906 g/mol. The van der Waals surface area contributed by atoms with Gasteiger partial charge >= 0.3 is 0 Å². The molecule has 0 aromatic heterocycles. The number of phenolic OH excluding ortho intramolecular Hbond substituents is 2. The van der Waals surface area contributed by atoms with E-state index in [1.165, 1.54) is 24.3 Å². The lowest BCUT2D eigenvalue weighted by atomic mass is 9.69. The Labute approximate surface area is 381 Å². The van der Waals surface area contributed by atoms with E-state index in [-0.39, 0.29) is 78.3 Å². The van der Waals surface area contributed by atoms with E-state index in [0.29, 0.717) is 23.1 Å². The zero-order valence-corrected chi connectivity index (χ0v) is 38.4. The van der Waals surface area contributed by atoms with Gasteiger partial charge in [-0.3, -0.25) is 29.9 Å². The van der Waals surface area contributed by atoms with E-state index < -0.39 is 9.85 Å². The molecule has 2 aliphatic rings. The first kappa shape index (κ1) is 52.9. The average molecular weight is 908 g/mol. The molecule has 6 N–H and O–H groups in total. The number of oxime groups is 1. The fraction of sp³-hybridized carbons (Fsp3) is 0.458. The van der Waals surface area contributed by atoms with Gasteiger partial charge in [0.25, 0.3) is 11.4 Å². The van der Waals surface area contributed by atoms with Gasteiger partial charge in [0.15, 0.2) is 5.78 Å². The van der Waals surface area contributed by atoms with Gasteiger partial charge in [-0.1, -0.05) is 31.1 Å². The normalized spacial score (nSPS) is 20.6. The van der Waals surface area contributed by atoms with Crippen molar-refractivity contribution in [1.82, 2.24) is 0 Å². The van der Waals surface area contributed by atoms with Crippen molar-refractivity contribution < 1.29 is 44.7 Å². The highest BCUT2D eigenvalue weighted by atomic mass is 35.5. The SMILES string of the molecule is CC(=NOCc1ccc([N+](=O)[O-])cc1)c1cc(O)c(C)cc1C1CCC(C)(CO)CC1.CC(=O)c1cc(O)c(C)cc1C1CCC(C)(CO)CC1.Cl.NOCc1ccc([N+](=O)[O-])cc1. The van der Waals surface area contributed by atoms with Crippen LogP contribution in [0.5, 0.6) is 11.5 Å². The summed E-state index contributed by atoms with van der Waals surface area (Å²) in [5, 5.41) is 64.4. The van der Waals surface area contributed by atoms with Crippen molar-refractivity contribution in [3.05, 3.63) is 138 Å². The molecule has 16 heteroatoms. The van der Waals surface area contributed by atoms with Crippen molar-refractivity contribution in [2.75, 3.05) is 13.2 Å². The Morgan fingerprint density at radius 3 is 1.44 bits per heavy atom. The van der Waals surface area contributed by atoms with Crippen molar-refractivity contribution in [2.24, 2.45) is 21.9 Å². The van der Waals surface area contributed by atoms with Crippen molar-refractivity contribution in [3.63, 3.8) is 0 Å². The molecule has 0 bridgehead atoms. The summed E-state index contributed by atoms with van der Waals surface area (Å²) >= 11 is 0. The average Bonchev–Trinajstić information content (AvgIpc) is 3.26. The fourth-order valence-electron chi connectivity index (χ4n) is 8.08. The summed E-state index contributed by atoms with van der Waals surface area (Å²) in [6.45, 7) is 12.3. The van der Waals surface area contributed by atoms with Gasteiger partial charge in [0.2, 0.25) is 0 Å². The Kier molecular flexibility index (Phi) is 19.8. The van der Waals surface area contributed by atoms with Gasteiger partial charge in [0, 0.05) is 48.6 Å². The van der Waals surface area contributed by atoms with Crippen LogP contribution in [0.25, 0.3) is 0 Å². The van der Waals surface area contributed by atoms with Gasteiger partial charge in [-0.25, -0.2) is 5.90 Å². The van der Waals surface area contributed by atoms with E-state index in [4.69, 9.17) is 10.7 Å². The molecule has 15 nitrogen and oxygen atoms in total. The van der Waals surface area contributed by atoms with Crippen LogP contribution in [0.4, 0.5) is 11.4 Å². The number of aromatic hydroxyl groups is 2. The van der Waals surface area contributed by atoms with Crippen LogP contribution in [0.2, 0.25) is 0 Å². The van der Waals surface area contributed by atoms with Crippen molar-refractivity contribution >= 4 is 35.3 Å². The number of nitrogens with zero attached hydrogens (tertiary/aromatic N) is 3. The van der Waals surface area contributed by atoms with Gasteiger partial charge in [-0.15, -0.1) is 12.4 Å². The second kappa shape index (κ2) is 24.0. The molecule has 0 atom stereocenters. The number of halogens is 1. The van der Waals surface area contributed by atoms with Crippen LogP contribution in [0.15, 0.2) is 78.0 Å². The van der Waals surface area contributed by atoms with Gasteiger partial charge in [0.05, 0.1) is 22.2 Å². The molecule has 2 fully saturated rings. The van der Waals surface area contributed by atoms with Crippen LogP contribution in [0.1, 0.15) is 140 Å². The van der Waals surface area contributed by atoms with Gasteiger partial charge < -0.3 is 25.3 Å². The standard InChI is InChI=1S/C24H30N2O5.C17H24O3.C7H8N2O3.ClH/c1-16-12-22(19-8-10-24(3,15-27)11-9-19)21(13-23(16)28)17(2)25-31-14-18-4-6-20(7-5-18)26(29)30;1-11-8-15(14(12(2)19)9-16(11)20)13-4-6-17(3,10-18)7-5-13;8-12-5-6-1-3-7(4-2-6)9(10)11;/h4-7,12-13,19,27-28H,8-11,14-15H2,1-3H3;8-9,13,18,20H,4-7,10H2,1-3H3;1-4H,5,8H2;1H. The number of nitro benzene ring substituents is 2. The van der Waals surface area contributed by atoms with Crippen LogP contribution in [0.3, 0.4) is 0 Å². The molecule has 4 aromatic carbocycles. The second-order valence-corrected chi connectivity index (χ2v) is 17.6. The summed E-state index contributed by atoms with van der Waals surface area (Å²) in [4.78, 5) is 41.8. The summed E-state index contributed by atoms with van der Waals surface area (Å²) in [6.07, 6.45) is 7.80. The maximum Gasteiger partial charge on any atom is 0.269 e. The molecule has 2 saturated carbocycles. The highest BCUT2D eigenvalue weighted by Gasteiger charge is 2.34. The molecule has 0 amide bonds. The number of carbonyl (C=O) groups excluding carboxylic acids is 1. The quantitative estimate of drug-likeness (QED) is 0.0364. The molecular weight excluding hydrogens is 844 g/mol. The minimum atomic E-state index is -0.451. The van der Waals surface area contributed by atoms with E-state index >= 15 is 0 Å². The molecule has 0 spiro atoms. The molecule has 348 valence electrons. The molecule has 0 unspecified atom stereocenters. The smallest absolute Gasteiger partial charge is 0.269 e. The number of Topliss-reactive ketones (excluding diaryl/α,β-unsaturated/α-hetero) is 1. The van der Waals surface area contributed by atoms with Crippen LogP contribution in [-0.2, 0) is 22.9 Å². The summed E-state index contributed by atoms with van der Waals surface area (Å²) in [5.41, 5.74) is 7.74. The molecule has 0 radical (unpaired) electrons. The Morgan fingerprint density at radius 1 is 0.703 bits per heavy atom. The summed E-state index contributed by atoms with van der Waals surface area (Å²) in [6, 6.07) is 19.5. The van der Waals surface area contributed by atoms with Crippen molar-refractivity contribution in [1.29, 1.82) is 0 Å². The molecule has 64 heavy (non-hydrogen) atoms. The van der Waals surface area contributed by atoms with E-state index in [0.717, 1.165) is 90.3 Å². The number of aryl methyl sites for hydroxylation is 2. The zero-order valence-electron chi connectivity index (χ0n) is 37.5. The first-order chi connectivity index (χ1) is 29.8. The molecule has 0 aliphatic heterocycles. The number of rotatable bonds is 13. The van der Waals surface area contributed by atoms with Crippen LogP contribution < -0.4 is 5.90 Å². The van der Waals surface area contributed by atoms with Gasteiger partial charge in [-0.2, -0.15) is 0 Å². The minimum absolute atomic E-state index is 0. The van der Waals surface area contributed by atoms with Crippen molar-refractivity contribution in [3.8, 4) is 11.5 Å². The number of carbonyl (C=O) groups is 1. The lowest BCUT2D eigenvalue weighted by Crippen LogP contribution is -2.27. The summed E-state index contributed by atoms with van der Waals surface area (Å²) < 4.78 is 0. The minimum Gasteiger partial charge on any atom is -0.508 e. The third kappa shape index (κ3) is 14.5. The first-order valence-corrected chi connectivity index (χ1v) is 21.2. The Hall–Kier alpha value is -5.45. The number of hydrogen-bond donors (Lipinski definition) is 5. The van der Waals surface area contributed by atoms with E-state index in [1.807, 2.05) is 32.9 Å². The number of non-ortho nitro benzene ring substituents is 2. The lowest BCUT2D eigenvalue weighted by molar-refractivity contribution is -0.385. The number of nitro groups is 2. The molecule has 4 aromatic rings. The molecular formula is C48H63ClN4O11. The predicted octanol–water partition coefficient (Wildman–Crippen LogP) is 10.2. The Bertz CT molecular complexity index is 2220. The maximum atomic E-state index is 11.8. The number of benzene rings is 4. The highest BCUT2D eigenvalue weighted by Crippen LogP contribution is 2.45.